The number of alkyl halides is 3. The van der Waals surface area contributed by atoms with Crippen LogP contribution in [-0.2, 0) is 6.18 Å². The molecule has 1 aromatic heterocycles. The molecule has 8 heteroatoms. The van der Waals surface area contributed by atoms with Gasteiger partial charge in [0.1, 0.15) is 0 Å². The summed E-state index contributed by atoms with van der Waals surface area (Å²) in [7, 11) is 0. The quantitative estimate of drug-likeness (QED) is 0.518. The monoisotopic (exact) mass is 383 g/mol. The number of nitrogens with zero attached hydrogens (tertiary/aromatic N) is 2. The van der Waals surface area contributed by atoms with E-state index in [1.807, 2.05) is 0 Å². The van der Waals surface area contributed by atoms with E-state index in [0.29, 0.717) is 10.9 Å². The number of fused-ring (bicyclic) bond motifs is 1. The second-order valence-electron chi connectivity index (χ2n) is 4.73. The lowest BCUT2D eigenvalue weighted by Crippen LogP contribution is -2.04. The smallest absolute Gasteiger partial charge is 0.418 e. The van der Waals surface area contributed by atoms with Crippen LogP contribution in [0.3, 0.4) is 0 Å². The van der Waals surface area contributed by atoms with E-state index in [9.17, 15) is 18.3 Å². The minimum absolute atomic E-state index is 0.0817. The molecule has 0 unspecified atom stereocenters. The summed E-state index contributed by atoms with van der Waals surface area (Å²) in [5.74, 6) is -0.258. The third-order valence-corrected chi connectivity index (χ3v) is 3.67. The number of aromatic nitrogens is 1. The van der Waals surface area contributed by atoms with Crippen LogP contribution >= 0.6 is 15.9 Å². The number of azo groups is 1. The predicted molar refractivity (Wildman–Crippen MR) is 83.3 cm³/mol. The van der Waals surface area contributed by atoms with Gasteiger partial charge in [0.15, 0.2) is 5.69 Å². The first-order valence-corrected chi connectivity index (χ1v) is 7.24. The Morgan fingerprint density at radius 3 is 2.52 bits per heavy atom. The molecule has 0 saturated heterocycles. The Balaban J connectivity index is 2.08. The summed E-state index contributed by atoms with van der Waals surface area (Å²) < 4.78 is 39.6. The summed E-state index contributed by atoms with van der Waals surface area (Å²) in [6.07, 6.45) is -4.53. The van der Waals surface area contributed by atoms with Crippen LogP contribution in [0.5, 0.6) is 5.88 Å². The fraction of sp³-hybridized carbons (Fsp3) is 0.0667. The average Bonchev–Trinajstić information content (AvgIpc) is 2.79. The van der Waals surface area contributed by atoms with Crippen molar-refractivity contribution in [1.29, 1.82) is 0 Å². The fourth-order valence-electron chi connectivity index (χ4n) is 2.14. The van der Waals surface area contributed by atoms with Crippen LogP contribution in [0.2, 0.25) is 0 Å². The van der Waals surface area contributed by atoms with Crippen molar-refractivity contribution in [3.05, 3.63) is 52.5 Å². The molecule has 23 heavy (non-hydrogen) atoms. The van der Waals surface area contributed by atoms with Crippen LogP contribution in [0.25, 0.3) is 10.9 Å². The Morgan fingerprint density at radius 2 is 1.78 bits per heavy atom. The molecular weight excluding hydrogens is 375 g/mol. The molecule has 0 fully saturated rings. The van der Waals surface area contributed by atoms with Crippen molar-refractivity contribution in [3.8, 4) is 5.88 Å². The zero-order valence-electron chi connectivity index (χ0n) is 11.4. The van der Waals surface area contributed by atoms with E-state index in [4.69, 9.17) is 0 Å². The van der Waals surface area contributed by atoms with Gasteiger partial charge >= 0.3 is 6.18 Å². The fourth-order valence-corrected chi connectivity index (χ4v) is 2.50. The molecular formula is C15H9BrF3N3O. The molecule has 0 radical (unpaired) electrons. The third kappa shape index (κ3) is 3.07. The third-order valence-electron chi connectivity index (χ3n) is 3.18. The molecule has 3 rings (SSSR count). The highest BCUT2D eigenvalue weighted by atomic mass is 79.9. The van der Waals surface area contributed by atoms with Gasteiger partial charge in [0.05, 0.1) is 16.8 Å². The Morgan fingerprint density at radius 1 is 1.04 bits per heavy atom. The van der Waals surface area contributed by atoms with E-state index in [1.165, 1.54) is 18.2 Å². The maximum Gasteiger partial charge on any atom is 0.418 e. The average molecular weight is 384 g/mol. The summed E-state index contributed by atoms with van der Waals surface area (Å²) in [4.78, 5) is 2.69. The lowest BCUT2D eigenvalue weighted by Gasteiger charge is -2.08. The van der Waals surface area contributed by atoms with Gasteiger partial charge in [0.2, 0.25) is 5.88 Å². The van der Waals surface area contributed by atoms with Crippen LogP contribution in [-0.4, -0.2) is 10.1 Å². The molecule has 0 bridgehead atoms. The molecule has 0 aliphatic heterocycles. The Kier molecular flexibility index (Phi) is 3.85. The lowest BCUT2D eigenvalue weighted by molar-refractivity contribution is -0.137. The number of aromatic amines is 1. The van der Waals surface area contributed by atoms with Gasteiger partial charge < -0.3 is 10.1 Å². The van der Waals surface area contributed by atoms with E-state index in [-0.39, 0.29) is 17.3 Å². The van der Waals surface area contributed by atoms with E-state index < -0.39 is 11.7 Å². The van der Waals surface area contributed by atoms with Gasteiger partial charge in [-0.3, -0.25) is 0 Å². The van der Waals surface area contributed by atoms with Gasteiger partial charge in [-0.25, -0.2) is 0 Å². The van der Waals surface area contributed by atoms with Crippen LogP contribution < -0.4 is 0 Å². The van der Waals surface area contributed by atoms with Gasteiger partial charge in [-0.1, -0.05) is 28.1 Å². The molecule has 0 aliphatic carbocycles. The highest BCUT2D eigenvalue weighted by Gasteiger charge is 2.33. The van der Waals surface area contributed by atoms with Crippen molar-refractivity contribution in [2.24, 2.45) is 10.2 Å². The summed E-state index contributed by atoms with van der Waals surface area (Å²) in [6.45, 7) is 0. The second kappa shape index (κ2) is 5.69. The van der Waals surface area contributed by atoms with E-state index in [1.54, 1.807) is 18.2 Å². The highest BCUT2D eigenvalue weighted by Crippen LogP contribution is 2.40. The molecule has 118 valence electrons. The topological polar surface area (TPSA) is 60.7 Å². The normalized spacial score (nSPS) is 12.3. The number of nitrogens with one attached hydrogen (secondary N) is 1. The number of aromatic hydroxyl groups is 1. The largest absolute Gasteiger partial charge is 0.493 e. The van der Waals surface area contributed by atoms with E-state index in [2.05, 4.69) is 31.1 Å². The molecule has 0 saturated carbocycles. The standard InChI is InChI=1S/C15H9BrF3N3O/c16-8-5-6-11-9(7-8)13(14(23)20-11)22-21-12-4-2-1-3-10(12)15(17,18)19/h1-7,20,23H. The SMILES string of the molecule is Oc1[nH]c2ccc(Br)cc2c1N=Nc1ccccc1C(F)(F)F. The second-order valence-corrected chi connectivity index (χ2v) is 5.64. The van der Waals surface area contributed by atoms with E-state index in [0.717, 1.165) is 10.5 Å². The maximum atomic E-state index is 12.9. The van der Waals surface area contributed by atoms with Crippen molar-refractivity contribution < 1.29 is 18.3 Å². The number of halogens is 4. The molecule has 1 heterocycles. The Hall–Kier alpha value is -2.35. The van der Waals surface area contributed by atoms with Crippen LogP contribution in [0.1, 0.15) is 5.56 Å². The Labute approximate surface area is 136 Å². The molecule has 0 aliphatic rings. The van der Waals surface area contributed by atoms with Gasteiger partial charge in [-0.2, -0.15) is 13.2 Å². The van der Waals surface area contributed by atoms with Crippen molar-refractivity contribution in [2.75, 3.05) is 0 Å². The molecule has 4 nitrogen and oxygen atoms in total. The van der Waals surface area contributed by atoms with Crippen LogP contribution in [0, 0.1) is 0 Å². The van der Waals surface area contributed by atoms with Crippen LogP contribution in [0.15, 0.2) is 57.2 Å². The maximum absolute atomic E-state index is 12.9. The molecule has 3 aromatic rings. The highest BCUT2D eigenvalue weighted by molar-refractivity contribution is 9.10. The number of benzene rings is 2. The molecule has 2 aromatic carbocycles. The Bertz CT molecular complexity index is 903. The minimum Gasteiger partial charge on any atom is -0.493 e. The van der Waals surface area contributed by atoms with Crippen LogP contribution in [0.4, 0.5) is 24.5 Å². The van der Waals surface area contributed by atoms with Gasteiger partial charge in [-0.15, -0.1) is 10.2 Å². The molecule has 2 N–H and O–H groups in total. The van der Waals surface area contributed by atoms with Crippen molar-refractivity contribution in [3.63, 3.8) is 0 Å². The summed E-state index contributed by atoms with van der Waals surface area (Å²) in [5.41, 5.74) is -0.518. The van der Waals surface area contributed by atoms with Crippen molar-refractivity contribution in [1.82, 2.24) is 4.98 Å². The molecule has 0 atom stereocenters. The predicted octanol–water partition coefficient (Wildman–Crippen LogP) is 6.07. The van der Waals surface area contributed by atoms with Crippen molar-refractivity contribution >= 4 is 38.2 Å². The summed E-state index contributed by atoms with van der Waals surface area (Å²) in [6, 6.07) is 10.0. The molecule has 0 spiro atoms. The number of H-pyrrole nitrogens is 1. The van der Waals surface area contributed by atoms with Gasteiger partial charge in [0.25, 0.3) is 0 Å². The number of hydrogen-bond acceptors (Lipinski definition) is 3. The zero-order chi connectivity index (χ0) is 16.6. The van der Waals surface area contributed by atoms with E-state index >= 15 is 0 Å². The van der Waals surface area contributed by atoms with Gasteiger partial charge in [0, 0.05) is 9.86 Å². The minimum atomic E-state index is -4.53. The number of rotatable bonds is 2. The number of hydrogen-bond donors (Lipinski definition) is 2. The first kappa shape index (κ1) is 15.5. The summed E-state index contributed by atoms with van der Waals surface area (Å²) >= 11 is 3.29. The summed E-state index contributed by atoms with van der Waals surface area (Å²) in [5, 5.41) is 17.9. The van der Waals surface area contributed by atoms with Crippen molar-refractivity contribution in [2.45, 2.75) is 6.18 Å². The first-order chi connectivity index (χ1) is 10.9. The molecule has 0 amide bonds. The van der Waals surface area contributed by atoms with Gasteiger partial charge in [-0.05, 0) is 30.3 Å². The first-order valence-electron chi connectivity index (χ1n) is 6.44. The lowest BCUT2D eigenvalue weighted by atomic mass is 10.2. The zero-order valence-corrected chi connectivity index (χ0v) is 13.0.